The van der Waals surface area contributed by atoms with E-state index in [2.05, 4.69) is 83.8 Å². The summed E-state index contributed by atoms with van der Waals surface area (Å²) < 4.78 is 4.47. The molecule has 0 saturated carbocycles. The molecular weight excluding hydrogens is 306 g/mol. The highest BCUT2D eigenvalue weighted by Gasteiger charge is 2.26. The fourth-order valence-electron chi connectivity index (χ4n) is 4.13. The molecule has 3 heterocycles. The maximum atomic E-state index is 4.51. The molecular formula is C22H20N3+. The highest BCUT2D eigenvalue weighted by molar-refractivity contribution is 5.94. The lowest BCUT2D eigenvalue weighted by molar-refractivity contribution is -0.659. The maximum Gasteiger partial charge on any atom is 0.220 e. The van der Waals surface area contributed by atoms with Crippen molar-refractivity contribution in [2.75, 3.05) is 0 Å². The third-order valence-corrected chi connectivity index (χ3v) is 5.62. The van der Waals surface area contributed by atoms with Crippen molar-refractivity contribution >= 4 is 10.8 Å². The topological polar surface area (TPSA) is 21.7 Å². The Morgan fingerprint density at radius 1 is 1.08 bits per heavy atom. The molecule has 0 fully saturated rings. The molecule has 5 rings (SSSR count). The van der Waals surface area contributed by atoms with Gasteiger partial charge in [0, 0.05) is 24.9 Å². The smallest absolute Gasteiger partial charge is 0.220 e. The molecule has 1 aliphatic rings. The Bertz CT molecular complexity index is 1150. The third kappa shape index (κ3) is 1.92. The fraction of sp³-hybridized carbons (Fsp3) is 0.182. The van der Waals surface area contributed by atoms with Gasteiger partial charge in [0.25, 0.3) is 0 Å². The Kier molecular flexibility index (Phi) is 2.90. The van der Waals surface area contributed by atoms with Crippen molar-refractivity contribution in [3.05, 3.63) is 77.5 Å². The number of imidazole rings is 1. The van der Waals surface area contributed by atoms with Crippen LogP contribution in [0.3, 0.4) is 0 Å². The Morgan fingerprint density at radius 2 is 1.92 bits per heavy atom. The van der Waals surface area contributed by atoms with Crippen LogP contribution in [0.2, 0.25) is 0 Å². The number of rotatable bonds is 1. The second-order valence-corrected chi connectivity index (χ2v) is 6.92. The van der Waals surface area contributed by atoms with Crippen LogP contribution in [0.4, 0.5) is 0 Å². The van der Waals surface area contributed by atoms with Gasteiger partial charge in [-0.05, 0) is 48.1 Å². The SMILES string of the molecule is Cc1c(-c2c3ccccc3cc[n+]2C)cc2c(c1C)Cc1nccn1-2. The van der Waals surface area contributed by atoms with E-state index in [1.165, 1.54) is 44.4 Å². The zero-order chi connectivity index (χ0) is 17.1. The summed E-state index contributed by atoms with van der Waals surface area (Å²) in [4.78, 5) is 4.51. The third-order valence-electron chi connectivity index (χ3n) is 5.62. The zero-order valence-electron chi connectivity index (χ0n) is 14.7. The van der Waals surface area contributed by atoms with Crippen LogP contribution in [-0.2, 0) is 13.5 Å². The average molecular weight is 326 g/mol. The van der Waals surface area contributed by atoms with Gasteiger partial charge in [-0.2, -0.15) is 0 Å². The molecule has 122 valence electrons. The Labute approximate surface area is 147 Å². The molecule has 3 heteroatoms. The summed E-state index contributed by atoms with van der Waals surface area (Å²) in [6.07, 6.45) is 7.05. The first-order chi connectivity index (χ1) is 12.1. The van der Waals surface area contributed by atoms with Crippen LogP contribution >= 0.6 is 0 Å². The number of benzene rings is 2. The predicted octanol–water partition coefficient (Wildman–Crippen LogP) is 4.04. The zero-order valence-corrected chi connectivity index (χ0v) is 14.7. The molecule has 1 aliphatic heterocycles. The first-order valence-electron chi connectivity index (χ1n) is 8.68. The number of hydrogen-bond donors (Lipinski definition) is 0. The normalized spacial score (nSPS) is 12.4. The summed E-state index contributed by atoms with van der Waals surface area (Å²) in [6, 6.07) is 13.2. The van der Waals surface area contributed by atoms with Crippen LogP contribution < -0.4 is 4.57 Å². The first kappa shape index (κ1) is 14.4. The molecule has 0 aliphatic carbocycles. The number of fused-ring (bicyclic) bond motifs is 4. The van der Waals surface area contributed by atoms with E-state index < -0.39 is 0 Å². The van der Waals surface area contributed by atoms with E-state index in [1.54, 1.807) is 0 Å². The molecule has 2 aromatic heterocycles. The van der Waals surface area contributed by atoms with Crippen LogP contribution in [0.5, 0.6) is 0 Å². The van der Waals surface area contributed by atoms with Crippen molar-refractivity contribution in [2.45, 2.75) is 20.3 Å². The van der Waals surface area contributed by atoms with E-state index in [-0.39, 0.29) is 0 Å². The molecule has 0 saturated heterocycles. The molecule has 0 radical (unpaired) electrons. The van der Waals surface area contributed by atoms with Gasteiger partial charge in [-0.1, -0.05) is 18.2 Å². The van der Waals surface area contributed by atoms with E-state index in [9.17, 15) is 0 Å². The van der Waals surface area contributed by atoms with E-state index >= 15 is 0 Å². The highest BCUT2D eigenvalue weighted by atomic mass is 15.1. The monoisotopic (exact) mass is 326 g/mol. The molecule has 0 atom stereocenters. The molecule has 2 aromatic carbocycles. The van der Waals surface area contributed by atoms with Crippen molar-refractivity contribution < 1.29 is 4.57 Å². The van der Waals surface area contributed by atoms with Crippen molar-refractivity contribution in [2.24, 2.45) is 7.05 Å². The van der Waals surface area contributed by atoms with Crippen molar-refractivity contribution in [3.63, 3.8) is 0 Å². The van der Waals surface area contributed by atoms with Crippen LogP contribution in [-0.4, -0.2) is 9.55 Å². The maximum absolute atomic E-state index is 4.51. The van der Waals surface area contributed by atoms with Gasteiger partial charge in [-0.25, -0.2) is 9.55 Å². The Hall–Kier alpha value is -2.94. The van der Waals surface area contributed by atoms with Crippen molar-refractivity contribution in [1.82, 2.24) is 9.55 Å². The van der Waals surface area contributed by atoms with E-state index in [4.69, 9.17) is 0 Å². The van der Waals surface area contributed by atoms with Gasteiger partial charge >= 0.3 is 0 Å². The standard InChI is InChI=1S/C22H20N3/c1-14-15(2)19(12-20-18(14)13-21-23-9-11-25(20)21)22-17-7-5-4-6-16(17)8-10-24(22)3/h4-12H,13H2,1-3H3/q+1. The fourth-order valence-corrected chi connectivity index (χ4v) is 4.13. The minimum atomic E-state index is 0.928. The predicted molar refractivity (Wildman–Crippen MR) is 100.0 cm³/mol. The van der Waals surface area contributed by atoms with Gasteiger partial charge in [0.05, 0.1) is 16.6 Å². The van der Waals surface area contributed by atoms with Gasteiger partial charge in [-0.15, -0.1) is 0 Å². The van der Waals surface area contributed by atoms with Crippen LogP contribution in [0.1, 0.15) is 22.5 Å². The number of aryl methyl sites for hydroxylation is 1. The highest BCUT2D eigenvalue weighted by Crippen LogP contribution is 2.37. The Balaban J connectivity index is 1.87. The van der Waals surface area contributed by atoms with Gasteiger partial charge < -0.3 is 4.57 Å². The van der Waals surface area contributed by atoms with E-state index in [1.807, 2.05) is 6.20 Å². The van der Waals surface area contributed by atoms with Gasteiger partial charge in [-0.3, -0.25) is 0 Å². The lowest BCUT2D eigenvalue weighted by Crippen LogP contribution is -2.30. The molecule has 0 amide bonds. The molecule has 25 heavy (non-hydrogen) atoms. The molecule has 4 aromatic rings. The molecule has 0 bridgehead atoms. The second kappa shape index (κ2) is 5.03. The number of nitrogens with zero attached hydrogens (tertiary/aromatic N) is 3. The average Bonchev–Trinajstić information content (AvgIpc) is 3.20. The lowest BCUT2D eigenvalue weighted by atomic mass is 9.92. The number of pyridine rings is 1. The van der Waals surface area contributed by atoms with Crippen molar-refractivity contribution in [3.8, 4) is 16.9 Å². The summed E-state index contributed by atoms with van der Waals surface area (Å²) in [5.74, 6) is 1.14. The quantitative estimate of drug-likeness (QED) is 0.426. The van der Waals surface area contributed by atoms with Gasteiger partial charge in [0.15, 0.2) is 6.20 Å². The van der Waals surface area contributed by atoms with Gasteiger partial charge in [0.1, 0.15) is 12.9 Å². The summed E-state index contributed by atoms with van der Waals surface area (Å²) >= 11 is 0. The minimum absolute atomic E-state index is 0.928. The van der Waals surface area contributed by atoms with Crippen LogP contribution in [0.25, 0.3) is 27.7 Å². The molecule has 0 unspecified atom stereocenters. The summed E-state index contributed by atoms with van der Waals surface area (Å²) in [6.45, 7) is 4.49. The summed E-state index contributed by atoms with van der Waals surface area (Å²) in [5.41, 5.74) is 8.00. The minimum Gasteiger partial charge on any atom is -0.303 e. The Morgan fingerprint density at radius 3 is 2.80 bits per heavy atom. The van der Waals surface area contributed by atoms with Crippen molar-refractivity contribution in [1.29, 1.82) is 0 Å². The van der Waals surface area contributed by atoms with E-state index in [0.717, 1.165) is 12.2 Å². The lowest BCUT2D eigenvalue weighted by Gasteiger charge is -2.14. The largest absolute Gasteiger partial charge is 0.303 e. The molecule has 3 nitrogen and oxygen atoms in total. The number of aromatic nitrogens is 3. The molecule has 0 spiro atoms. The molecule has 0 N–H and O–H groups in total. The van der Waals surface area contributed by atoms with E-state index in [0.29, 0.717) is 0 Å². The second-order valence-electron chi connectivity index (χ2n) is 6.92. The van der Waals surface area contributed by atoms with Gasteiger partial charge in [0.2, 0.25) is 5.69 Å². The van der Waals surface area contributed by atoms with Crippen LogP contribution in [0.15, 0.2) is 55.0 Å². The number of hydrogen-bond acceptors (Lipinski definition) is 1. The first-order valence-corrected chi connectivity index (χ1v) is 8.68. The summed E-state index contributed by atoms with van der Waals surface area (Å²) in [7, 11) is 2.13. The summed E-state index contributed by atoms with van der Waals surface area (Å²) in [5, 5.41) is 2.57. The van der Waals surface area contributed by atoms with Crippen LogP contribution in [0, 0.1) is 13.8 Å².